The Bertz CT molecular complexity index is 534. The van der Waals surface area contributed by atoms with Crippen molar-refractivity contribution in [2.24, 2.45) is 0 Å². The Kier molecular flexibility index (Phi) is 4.02. The van der Waals surface area contributed by atoms with Crippen LogP contribution in [-0.4, -0.2) is 5.11 Å². The van der Waals surface area contributed by atoms with E-state index in [1.165, 1.54) is 12.1 Å². The lowest BCUT2D eigenvalue weighted by Gasteiger charge is -2.10. The van der Waals surface area contributed by atoms with Crippen LogP contribution in [0.2, 0.25) is 5.02 Å². The molecule has 2 aromatic rings. The Hall–Kier alpha value is -1.78. The number of hydrazine groups is 1. The molecule has 0 aliphatic heterocycles. The molecule has 0 spiro atoms. The summed E-state index contributed by atoms with van der Waals surface area (Å²) in [6.45, 7) is 0.118. The molecule has 3 N–H and O–H groups in total. The summed E-state index contributed by atoms with van der Waals surface area (Å²) in [6.07, 6.45) is 0. The van der Waals surface area contributed by atoms with Gasteiger partial charge in [0.15, 0.2) is 0 Å². The van der Waals surface area contributed by atoms with Gasteiger partial charge >= 0.3 is 0 Å². The maximum absolute atomic E-state index is 13.6. The predicted octanol–water partition coefficient (Wildman–Crippen LogP) is 3.30. The molecular formula is C13H12ClFN2O. The van der Waals surface area contributed by atoms with E-state index < -0.39 is 5.82 Å². The average molecular weight is 267 g/mol. The van der Waals surface area contributed by atoms with Gasteiger partial charge in [-0.2, -0.15) is 0 Å². The third-order valence-electron chi connectivity index (χ3n) is 2.44. The largest absolute Gasteiger partial charge is 0.508 e. The Morgan fingerprint density at radius 1 is 1.11 bits per heavy atom. The number of hydrogen-bond acceptors (Lipinski definition) is 3. The van der Waals surface area contributed by atoms with E-state index in [1.54, 1.807) is 0 Å². The number of para-hydroxylation sites is 1. The first-order valence-corrected chi connectivity index (χ1v) is 5.76. The van der Waals surface area contributed by atoms with Crippen molar-refractivity contribution in [2.75, 3.05) is 5.43 Å². The van der Waals surface area contributed by atoms with Crippen LogP contribution >= 0.6 is 11.6 Å². The zero-order chi connectivity index (χ0) is 13.0. The summed E-state index contributed by atoms with van der Waals surface area (Å²) in [6, 6.07) is 12.1. The Labute approximate surface area is 109 Å². The van der Waals surface area contributed by atoms with E-state index >= 15 is 0 Å². The van der Waals surface area contributed by atoms with Crippen molar-refractivity contribution in [1.29, 1.82) is 0 Å². The number of hydrogen-bond donors (Lipinski definition) is 3. The van der Waals surface area contributed by atoms with Crippen LogP contribution in [-0.2, 0) is 6.54 Å². The van der Waals surface area contributed by atoms with E-state index in [0.717, 1.165) is 5.69 Å². The van der Waals surface area contributed by atoms with Crippen LogP contribution in [0.5, 0.6) is 5.75 Å². The summed E-state index contributed by atoms with van der Waals surface area (Å²) in [4.78, 5) is 0. The minimum absolute atomic E-state index is 0.00990. The fourth-order valence-electron chi connectivity index (χ4n) is 1.51. The lowest BCUT2D eigenvalue weighted by atomic mass is 10.2. The molecule has 0 heterocycles. The van der Waals surface area contributed by atoms with Gasteiger partial charge in [0.25, 0.3) is 0 Å². The van der Waals surface area contributed by atoms with E-state index in [4.69, 9.17) is 11.6 Å². The SMILES string of the molecule is Oc1ccc(Cl)c(F)c1CNNc1ccccc1. The molecule has 0 saturated heterocycles. The number of benzene rings is 2. The molecule has 0 aromatic heterocycles. The van der Waals surface area contributed by atoms with Crippen LogP contribution in [0.1, 0.15) is 5.56 Å². The summed E-state index contributed by atoms with van der Waals surface area (Å²) < 4.78 is 13.6. The summed E-state index contributed by atoms with van der Waals surface area (Å²) in [7, 11) is 0. The second kappa shape index (κ2) is 5.71. The molecule has 0 fully saturated rings. The minimum Gasteiger partial charge on any atom is -0.508 e. The molecule has 0 bridgehead atoms. The van der Waals surface area contributed by atoms with Crippen LogP contribution in [0.15, 0.2) is 42.5 Å². The molecule has 3 nitrogen and oxygen atoms in total. The van der Waals surface area contributed by atoms with Gasteiger partial charge in [-0.3, -0.25) is 0 Å². The molecule has 2 aromatic carbocycles. The number of nitrogens with one attached hydrogen (secondary N) is 2. The molecule has 18 heavy (non-hydrogen) atoms. The summed E-state index contributed by atoms with van der Waals surface area (Å²) in [5.41, 5.74) is 6.69. The number of phenols is 1. The van der Waals surface area contributed by atoms with Crippen molar-refractivity contribution in [3.8, 4) is 5.75 Å². The van der Waals surface area contributed by atoms with Gasteiger partial charge in [-0.25, -0.2) is 9.82 Å². The second-order valence-electron chi connectivity index (χ2n) is 3.70. The van der Waals surface area contributed by atoms with E-state index in [9.17, 15) is 9.50 Å². The van der Waals surface area contributed by atoms with Gasteiger partial charge in [-0.05, 0) is 24.3 Å². The molecule has 0 aliphatic carbocycles. The van der Waals surface area contributed by atoms with Crippen LogP contribution in [0.4, 0.5) is 10.1 Å². The quantitative estimate of drug-likeness (QED) is 0.744. The van der Waals surface area contributed by atoms with Gasteiger partial charge in [-0.1, -0.05) is 29.8 Å². The van der Waals surface area contributed by atoms with Crippen molar-refractivity contribution in [1.82, 2.24) is 5.43 Å². The number of anilines is 1. The number of aromatic hydroxyl groups is 1. The monoisotopic (exact) mass is 266 g/mol. The Balaban J connectivity index is 2.01. The van der Waals surface area contributed by atoms with E-state index in [0.29, 0.717) is 0 Å². The van der Waals surface area contributed by atoms with Gasteiger partial charge in [0, 0.05) is 17.8 Å². The highest BCUT2D eigenvalue weighted by Gasteiger charge is 2.11. The van der Waals surface area contributed by atoms with Crippen LogP contribution in [0, 0.1) is 5.82 Å². The first-order valence-electron chi connectivity index (χ1n) is 5.38. The van der Waals surface area contributed by atoms with Crippen LogP contribution in [0.3, 0.4) is 0 Å². The van der Waals surface area contributed by atoms with Crippen molar-refractivity contribution < 1.29 is 9.50 Å². The first kappa shape index (κ1) is 12.7. The standard InChI is InChI=1S/C13H12ClFN2O/c14-11-6-7-12(18)10(13(11)15)8-16-17-9-4-2-1-3-5-9/h1-7,16-18H,8H2. The maximum atomic E-state index is 13.6. The molecule has 0 radical (unpaired) electrons. The predicted molar refractivity (Wildman–Crippen MR) is 70.0 cm³/mol. The maximum Gasteiger partial charge on any atom is 0.150 e. The fraction of sp³-hybridized carbons (Fsp3) is 0.0769. The summed E-state index contributed by atoms with van der Waals surface area (Å²) in [5.74, 6) is -0.738. The molecule has 5 heteroatoms. The number of phenolic OH excluding ortho intramolecular Hbond substituents is 1. The minimum atomic E-state index is -0.612. The van der Waals surface area contributed by atoms with Crippen molar-refractivity contribution in [3.63, 3.8) is 0 Å². The van der Waals surface area contributed by atoms with Crippen molar-refractivity contribution in [3.05, 3.63) is 58.9 Å². The van der Waals surface area contributed by atoms with E-state index in [2.05, 4.69) is 10.9 Å². The van der Waals surface area contributed by atoms with Crippen molar-refractivity contribution >= 4 is 17.3 Å². The van der Waals surface area contributed by atoms with Gasteiger partial charge in [0.05, 0.1) is 5.02 Å². The zero-order valence-electron chi connectivity index (χ0n) is 9.45. The highest BCUT2D eigenvalue weighted by atomic mass is 35.5. The van der Waals surface area contributed by atoms with E-state index in [1.807, 2.05) is 30.3 Å². The molecule has 94 valence electrons. The molecule has 0 saturated carbocycles. The van der Waals surface area contributed by atoms with Gasteiger partial charge in [0.1, 0.15) is 11.6 Å². The number of rotatable bonds is 4. The molecule has 0 aliphatic rings. The van der Waals surface area contributed by atoms with Gasteiger partial charge in [-0.15, -0.1) is 0 Å². The Morgan fingerprint density at radius 3 is 2.56 bits per heavy atom. The lowest BCUT2D eigenvalue weighted by molar-refractivity contribution is 0.456. The average Bonchev–Trinajstić information content (AvgIpc) is 2.39. The first-order chi connectivity index (χ1) is 8.68. The highest BCUT2D eigenvalue weighted by Crippen LogP contribution is 2.26. The summed E-state index contributed by atoms with van der Waals surface area (Å²) >= 11 is 5.65. The van der Waals surface area contributed by atoms with Crippen molar-refractivity contribution in [2.45, 2.75) is 6.54 Å². The van der Waals surface area contributed by atoms with Gasteiger partial charge in [0.2, 0.25) is 0 Å². The molecule has 0 atom stereocenters. The Morgan fingerprint density at radius 2 is 1.83 bits per heavy atom. The lowest BCUT2D eigenvalue weighted by Crippen LogP contribution is -2.21. The third-order valence-corrected chi connectivity index (χ3v) is 2.73. The summed E-state index contributed by atoms with van der Waals surface area (Å²) in [5, 5.41) is 9.54. The number of halogens is 2. The topological polar surface area (TPSA) is 44.3 Å². The highest BCUT2D eigenvalue weighted by molar-refractivity contribution is 6.30. The fourth-order valence-corrected chi connectivity index (χ4v) is 1.68. The third kappa shape index (κ3) is 2.91. The van der Waals surface area contributed by atoms with E-state index in [-0.39, 0.29) is 22.9 Å². The molecule has 0 unspecified atom stereocenters. The smallest absolute Gasteiger partial charge is 0.150 e. The molecular weight excluding hydrogens is 255 g/mol. The molecule has 0 amide bonds. The normalized spacial score (nSPS) is 10.3. The van der Waals surface area contributed by atoms with Crippen LogP contribution in [0.25, 0.3) is 0 Å². The molecule has 2 rings (SSSR count). The van der Waals surface area contributed by atoms with Crippen LogP contribution < -0.4 is 10.9 Å². The second-order valence-corrected chi connectivity index (χ2v) is 4.11. The van der Waals surface area contributed by atoms with Gasteiger partial charge < -0.3 is 10.5 Å². The zero-order valence-corrected chi connectivity index (χ0v) is 10.2.